The smallest absolute Gasteiger partial charge is 0.289 e. The molecule has 0 saturated carbocycles. The van der Waals surface area contributed by atoms with E-state index in [1.165, 1.54) is 10.9 Å². The Morgan fingerprint density at radius 2 is 2.18 bits per heavy atom. The minimum Gasteiger partial charge on any atom is -0.289 e. The van der Waals surface area contributed by atoms with Gasteiger partial charge in [-0.2, -0.15) is 5.43 Å². The topological polar surface area (TPSA) is 99.8 Å². The van der Waals surface area contributed by atoms with Crippen molar-refractivity contribution in [3.63, 3.8) is 0 Å². The van der Waals surface area contributed by atoms with E-state index >= 15 is 0 Å². The quantitative estimate of drug-likeness (QED) is 0.452. The van der Waals surface area contributed by atoms with Gasteiger partial charge >= 0.3 is 5.96 Å². The second-order valence-electron chi connectivity index (χ2n) is 6.73. The molecular formula is C18H20ClN6O2S+. The zero-order valence-corrected chi connectivity index (χ0v) is 17.3. The Labute approximate surface area is 171 Å². The zero-order valence-electron chi connectivity index (χ0n) is 15.7. The van der Waals surface area contributed by atoms with Crippen molar-refractivity contribution in [3.8, 4) is 0 Å². The first-order chi connectivity index (χ1) is 13.3. The molecule has 8 nitrogen and oxygen atoms in total. The Hall–Kier alpha value is -2.49. The van der Waals surface area contributed by atoms with Gasteiger partial charge in [0, 0.05) is 27.4 Å². The van der Waals surface area contributed by atoms with E-state index in [1.807, 2.05) is 16.5 Å². The van der Waals surface area contributed by atoms with E-state index in [0.29, 0.717) is 24.7 Å². The standard InChI is InChI=1S/C18H19ClN6O2S/c1-4-23-16-8-21-17(11-5-9(2)28-10(11)3)12-6-13(19)15(25(26)27)7-14(12)24(16)18(20)22-23/h5-7,16H,4,8H2,1-3H3,(H2,20,22)/p+1. The van der Waals surface area contributed by atoms with Crippen molar-refractivity contribution in [1.29, 1.82) is 0 Å². The summed E-state index contributed by atoms with van der Waals surface area (Å²) in [6.45, 7) is 7.28. The summed E-state index contributed by atoms with van der Waals surface area (Å²) in [6.07, 6.45) is -0.179. The molecule has 0 aliphatic carbocycles. The van der Waals surface area contributed by atoms with Crippen LogP contribution < -0.4 is 11.2 Å². The lowest BCUT2D eigenvalue weighted by molar-refractivity contribution is -0.497. The number of fused-ring (bicyclic) bond motifs is 3. The highest BCUT2D eigenvalue weighted by molar-refractivity contribution is 7.12. The number of likely N-dealkylation sites (N-methyl/N-ethyl adjacent to an activating group) is 1. The van der Waals surface area contributed by atoms with Crippen molar-refractivity contribution < 1.29 is 9.50 Å². The average Bonchev–Trinajstić information content (AvgIpc) is 3.07. The molecule has 2 aliphatic rings. The number of nitro benzene ring substituents is 1. The number of aliphatic imine (C=N–C) groups is 1. The van der Waals surface area contributed by atoms with Crippen molar-refractivity contribution in [2.45, 2.75) is 26.9 Å². The van der Waals surface area contributed by atoms with Crippen LogP contribution in [-0.4, -0.2) is 45.4 Å². The highest BCUT2D eigenvalue weighted by Crippen LogP contribution is 2.38. The molecule has 0 bridgehead atoms. The number of benzene rings is 1. The summed E-state index contributed by atoms with van der Waals surface area (Å²) in [6, 6.07) is 5.22. The Balaban J connectivity index is 2.01. The summed E-state index contributed by atoms with van der Waals surface area (Å²) in [5.41, 5.74) is 12.4. The van der Waals surface area contributed by atoms with E-state index in [2.05, 4.69) is 25.3 Å². The monoisotopic (exact) mass is 419 g/mol. The summed E-state index contributed by atoms with van der Waals surface area (Å²) in [5, 5.41) is 13.6. The number of guanidine groups is 1. The van der Waals surface area contributed by atoms with Gasteiger partial charge in [-0.05, 0) is 32.9 Å². The maximum absolute atomic E-state index is 11.5. The Morgan fingerprint density at radius 3 is 2.79 bits per heavy atom. The molecule has 0 radical (unpaired) electrons. The van der Waals surface area contributed by atoms with Gasteiger partial charge in [0.2, 0.25) is 0 Å². The van der Waals surface area contributed by atoms with E-state index < -0.39 is 4.92 Å². The van der Waals surface area contributed by atoms with Crippen molar-refractivity contribution in [3.05, 3.63) is 54.2 Å². The van der Waals surface area contributed by atoms with Crippen molar-refractivity contribution in [1.82, 2.24) is 10.4 Å². The van der Waals surface area contributed by atoms with Crippen LogP contribution in [0.5, 0.6) is 0 Å². The largest absolute Gasteiger partial charge is 0.367 e. The van der Waals surface area contributed by atoms with Gasteiger partial charge in [0.15, 0.2) is 6.17 Å². The SMILES string of the molecule is CCN1NC(N)=[N+]2c3cc([N+](=O)[O-])c(Cl)cc3C(c3cc(C)sc3C)=NCC12. The molecule has 4 rings (SSSR count). The molecule has 2 aromatic rings. The van der Waals surface area contributed by atoms with Crippen LogP contribution in [0.15, 0.2) is 23.2 Å². The molecular weight excluding hydrogens is 400 g/mol. The van der Waals surface area contributed by atoms with Crippen LogP contribution in [0.1, 0.15) is 27.8 Å². The lowest BCUT2D eigenvalue weighted by Gasteiger charge is -2.18. The van der Waals surface area contributed by atoms with Gasteiger partial charge in [-0.1, -0.05) is 11.6 Å². The number of hydrazine groups is 1. The van der Waals surface area contributed by atoms with E-state index in [-0.39, 0.29) is 16.9 Å². The first-order valence-electron chi connectivity index (χ1n) is 8.87. The Morgan fingerprint density at radius 1 is 1.43 bits per heavy atom. The fourth-order valence-corrected chi connectivity index (χ4v) is 4.93. The lowest BCUT2D eigenvalue weighted by Crippen LogP contribution is -2.44. The second kappa shape index (κ2) is 6.84. The summed E-state index contributed by atoms with van der Waals surface area (Å²) < 4.78 is 1.87. The third kappa shape index (κ3) is 2.86. The summed E-state index contributed by atoms with van der Waals surface area (Å²) in [7, 11) is 0. The number of aryl methyl sites for hydroxylation is 2. The summed E-state index contributed by atoms with van der Waals surface area (Å²) >= 11 is 7.96. The summed E-state index contributed by atoms with van der Waals surface area (Å²) in [4.78, 5) is 18.3. The number of halogens is 1. The average molecular weight is 420 g/mol. The van der Waals surface area contributed by atoms with Crippen molar-refractivity contribution >= 4 is 46.0 Å². The molecule has 1 aromatic carbocycles. The number of nitrogens with zero attached hydrogens (tertiary/aromatic N) is 4. The minimum absolute atomic E-state index is 0.0811. The number of thiophene rings is 1. The van der Waals surface area contributed by atoms with Gasteiger partial charge in [0.25, 0.3) is 5.69 Å². The van der Waals surface area contributed by atoms with Gasteiger partial charge in [-0.15, -0.1) is 16.3 Å². The van der Waals surface area contributed by atoms with Gasteiger partial charge in [0.05, 0.1) is 23.2 Å². The molecule has 3 heterocycles. The molecule has 0 fully saturated rings. The molecule has 1 atom stereocenters. The Kier molecular flexibility index (Phi) is 4.60. The van der Waals surface area contributed by atoms with Crippen LogP contribution >= 0.6 is 22.9 Å². The molecule has 2 aliphatic heterocycles. The molecule has 1 aromatic heterocycles. The van der Waals surface area contributed by atoms with Crippen molar-refractivity contribution in [2.75, 3.05) is 13.1 Å². The van der Waals surface area contributed by atoms with Crippen LogP contribution in [0.3, 0.4) is 0 Å². The molecule has 0 spiro atoms. The van der Waals surface area contributed by atoms with E-state index in [0.717, 1.165) is 21.7 Å². The number of rotatable bonds is 3. The molecule has 3 N–H and O–H groups in total. The van der Waals surface area contributed by atoms with Gasteiger partial charge in [-0.25, -0.2) is 4.58 Å². The maximum atomic E-state index is 11.5. The zero-order chi connectivity index (χ0) is 20.2. The van der Waals surface area contributed by atoms with Crippen LogP contribution in [0, 0.1) is 24.0 Å². The fraction of sp³-hybridized carbons (Fsp3) is 0.333. The molecule has 10 heteroatoms. The van der Waals surface area contributed by atoms with Crippen molar-refractivity contribution in [2.24, 2.45) is 10.7 Å². The summed E-state index contributed by atoms with van der Waals surface area (Å²) in [5.74, 6) is 0.416. The minimum atomic E-state index is -0.476. The number of nitrogens with one attached hydrogen (secondary N) is 1. The number of hydrogen-bond acceptors (Lipinski definition) is 7. The normalized spacial score (nSPS) is 19.0. The number of hydrogen-bond donors (Lipinski definition) is 2. The Bertz CT molecular complexity index is 1060. The molecule has 0 amide bonds. The first kappa shape index (κ1) is 18.9. The van der Waals surface area contributed by atoms with Gasteiger partial charge < -0.3 is 0 Å². The highest BCUT2D eigenvalue weighted by Gasteiger charge is 2.41. The van der Waals surface area contributed by atoms with E-state index in [4.69, 9.17) is 22.3 Å². The lowest BCUT2D eigenvalue weighted by atomic mass is 10.00. The van der Waals surface area contributed by atoms with E-state index in [1.54, 1.807) is 17.4 Å². The molecule has 146 valence electrons. The molecule has 0 saturated heterocycles. The van der Waals surface area contributed by atoms with Crippen LogP contribution in [0.4, 0.5) is 11.4 Å². The van der Waals surface area contributed by atoms with Gasteiger partial charge in [-0.3, -0.25) is 20.8 Å². The number of nitro groups is 1. The second-order valence-corrected chi connectivity index (χ2v) is 8.60. The highest BCUT2D eigenvalue weighted by atomic mass is 35.5. The third-order valence-corrected chi connectivity index (χ3v) is 6.27. The predicted octanol–water partition coefficient (Wildman–Crippen LogP) is 2.90. The van der Waals surface area contributed by atoms with Crippen LogP contribution in [0.25, 0.3) is 0 Å². The maximum Gasteiger partial charge on any atom is 0.367 e. The van der Waals surface area contributed by atoms with Crippen LogP contribution in [-0.2, 0) is 0 Å². The van der Waals surface area contributed by atoms with Gasteiger partial charge in [0.1, 0.15) is 10.7 Å². The fourth-order valence-electron chi connectivity index (χ4n) is 3.77. The third-order valence-electron chi connectivity index (χ3n) is 5.00. The predicted molar refractivity (Wildman–Crippen MR) is 111 cm³/mol. The first-order valence-corrected chi connectivity index (χ1v) is 10.1. The van der Waals surface area contributed by atoms with E-state index in [9.17, 15) is 10.1 Å². The number of nitrogens with two attached hydrogens (primary N) is 1. The molecule has 28 heavy (non-hydrogen) atoms. The molecule has 1 unspecified atom stereocenters. The van der Waals surface area contributed by atoms with Crippen LogP contribution in [0.2, 0.25) is 5.02 Å².